The van der Waals surface area contributed by atoms with Crippen LogP contribution in [0.5, 0.6) is 0 Å². The lowest BCUT2D eigenvalue weighted by atomic mass is 9.65. The molecule has 3 heteroatoms. The van der Waals surface area contributed by atoms with Crippen molar-refractivity contribution in [3.63, 3.8) is 0 Å². The Morgan fingerprint density at radius 1 is 1.47 bits per heavy atom. The smallest absolute Gasteiger partial charge is 0.303 e. The van der Waals surface area contributed by atoms with Gasteiger partial charge in [-0.15, -0.1) is 0 Å². The van der Waals surface area contributed by atoms with E-state index in [4.69, 9.17) is 5.11 Å². The highest BCUT2D eigenvalue weighted by molar-refractivity contribution is 5.66. The van der Waals surface area contributed by atoms with Crippen molar-refractivity contribution < 1.29 is 15.0 Å². The first-order valence-corrected chi connectivity index (χ1v) is 6.74. The van der Waals surface area contributed by atoms with Gasteiger partial charge in [-0.25, -0.2) is 0 Å². The summed E-state index contributed by atoms with van der Waals surface area (Å²) in [6.45, 7) is 6.52. The first-order valence-electron chi connectivity index (χ1n) is 6.74. The third kappa shape index (κ3) is 4.30. The summed E-state index contributed by atoms with van der Waals surface area (Å²) in [6, 6.07) is 0. The fourth-order valence-electron chi connectivity index (χ4n) is 3.14. The maximum Gasteiger partial charge on any atom is 0.303 e. The molecular formula is C14H26O3. The first kappa shape index (κ1) is 14.5. The van der Waals surface area contributed by atoms with Crippen LogP contribution in [0.2, 0.25) is 0 Å². The van der Waals surface area contributed by atoms with Crippen molar-refractivity contribution in [2.45, 2.75) is 65.4 Å². The molecule has 0 heterocycles. The zero-order valence-corrected chi connectivity index (χ0v) is 11.3. The fraction of sp³-hybridized carbons (Fsp3) is 0.929. The van der Waals surface area contributed by atoms with E-state index in [0.29, 0.717) is 11.8 Å². The van der Waals surface area contributed by atoms with Gasteiger partial charge in [0, 0.05) is 6.42 Å². The first-order chi connectivity index (χ1) is 7.84. The Morgan fingerprint density at radius 2 is 2.12 bits per heavy atom. The number of aliphatic hydroxyl groups excluding tert-OH is 1. The molecule has 3 unspecified atom stereocenters. The van der Waals surface area contributed by atoms with Gasteiger partial charge in [-0.2, -0.15) is 0 Å². The van der Waals surface area contributed by atoms with Crippen molar-refractivity contribution in [2.75, 3.05) is 0 Å². The lowest BCUT2D eigenvalue weighted by Gasteiger charge is -2.42. The largest absolute Gasteiger partial charge is 0.481 e. The molecule has 0 saturated heterocycles. The van der Waals surface area contributed by atoms with E-state index in [-0.39, 0.29) is 17.9 Å². The highest BCUT2D eigenvalue weighted by atomic mass is 16.4. The van der Waals surface area contributed by atoms with E-state index >= 15 is 0 Å². The second-order valence-corrected chi connectivity index (χ2v) is 6.28. The van der Waals surface area contributed by atoms with E-state index < -0.39 is 5.97 Å². The molecule has 0 aromatic carbocycles. The zero-order chi connectivity index (χ0) is 13.1. The molecular weight excluding hydrogens is 216 g/mol. The summed E-state index contributed by atoms with van der Waals surface area (Å²) in [5.41, 5.74) is 0.139. The van der Waals surface area contributed by atoms with Crippen LogP contribution in [0.1, 0.15) is 59.3 Å². The second kappa shape index (κ2) is 5.85. The predicted molar refractivity (Wildman–Crippen MR) is 67.8 cm³/mol. The number of rotatable bonds is 5. The molecule has 0 aromatic heterocycles. The molecule has 0 aromatic rings. The third-order valence-electron chi connectivity index (χ3n) is 4.30. The van der Waals surface area contributed by atoms with Gasteiger partial charge in [0.15, 0.2) is 0 Å². The molecule has 17 heavy (non-hydrogen) atoms. The highest BCUT2D eigenvalue weighted by Gasteiger charge is 2.37. The lowest BCUT2D eigenvalue weighted by molar-refractivity contribution is -0.137. The Morgan fingerprint density at radius 3 is 2.59 bits per heavy atom. The van der Waals surface area contributed by atoms with Gasteiger partial charge >= 0.3 is 5.97 Å². The van der Waals surface area contributed by atoms with Gasteiger partial charge in [0.05, 0.1) is 6.10 Å². The third-order valence-corrected chi connectivity index (χ3v) is 4.30. The molecule has 100 valence electrons. The van der Waals surface area contributed by atoms with Crippen LogP contribution in [0.3, 0.4) is 0 Å². The van der Waals surface area contributed by atoms with E-state index in [1.807, 2.05) is 0 Å². The minimum Gasteiger partial charge on any atom is -0.481 e. The summed E-state index contributed by atoms with van der Waals surface area (Å²) in [7, 11) is 0. The van der Waals surface area contributed by atoms with Crippen LogP contribution >= 0.6 is 0 Å². The Balaban J connectivity index is 2.43. The molecule has 1 aliphatic rings. The van der Waals surface area contributed by atoms with E-state index in [2.05, 4.69) is 20.8 Å². The number of hydrogen-bond donors (Lipinski definition) is 2. The number of carboxylic acids is 1. The van der Waals surface area contributed by atoms with Crippen LogP contribution in [0.4, 0.5) is 0 Å². The quantitative estimate of drug-likeness (QED) is 0.779. The molecule has 3 atom stereocenters. The van der Waals surface area contributed by atoms with Crippen molar-refractivity contribution in [3.8, 4) is 0 Å². The van der Waals surface area contributed by atoms with Crippen LogP contribution in [0, 0.1) is 17.3 Å². The van der Waals surface area contributed by atoms with E-state index in [9.17, 15) is 9.90 Å². The summed E-state index contributed by atoms with van der Waals surface area (Å²) in [6.07, 6.45) is 4.70. The minimum absolute atomic E-state index is 0.139. The van der Waals surface area contributed by atoms with Gasteiger partial charge in [-0.1, -0.05) is 20.8 Å². The van der Waals surface area contributed by atoms with Gasteiger partial charge in [-0.3, -0.25) is 4.79 Å². The number of hydrogen-bond acceptors (Lipinski definition) is 2. The Hall–Kier alpha value is -0.570. The molecule has 0 aliphatic heterocycles. The zero-order valence-electron chi connectivity index (χ0n) is 11.3. The summed E-state index contributed by atoms with van der Waals surface area (Å²) < 4.78 is 0. The van der Waals surface area contributed by atoms with Crippen molar-refractivity contribution in [2.24, 2.45) is 17.3 Å². The number of aliphatic hydroxyl groups is 1. The van der Waals surface area contributed by atoms with Gasteiger partial charge in [-0.05, 0) is 49.4 Å². The van der Waals surface area contributed by atoms with E-state index in [1.54, 1.807) is 0 Å². The van der Waals surface area contributed by atoms with Gasteiger partial charge in [0.2, 0.25) is 0 Å². The summed E-state index contributed by atoms with van der Waals surface area (Å²) >= 11 is 0. The second-order valence-electron chi connectivity index (χ2n) is 6.28. The standard InChI is InChI=1S/C14H26O3/c1-10(2)11-6-8-14(3,9-12(11)15)7-4-5-13(16)17/h10-12,15H,4-9H2,1-3H3,(H,16,17). The lowest BCUT2D eigenvalue weighted by Crippen LogP contribution is -2.37. The molecule has 0 radical (unpaired) electrons. The molecule has 1 saturated carbocycles. The molecule has 0 bridgehead atoms. The summed E-state index contributed by atoms with van der Waals surface area (Å²) in [5, 5.41) is 18.8. The maximum atomic E-state index is 10.5. The van der Waals surface area contributed by atoms with Gasteiger partial charge < -0.3 is 10.2 Å². The molecule has 1 fully saturated rings. The average molecular weight is 242 g/mol. The topological polar surface area (TPSA) is 57.5 Å². The number of carbonyl (C=O) groups is 1. The van der Waals surface area contributed by atoms with E-state index in [0.717, 1.165) is 32.1 Å². The molecule has 2 N–H and O–H groups in total. The van der Waals surface area contributed by atoms with Crippen LogP contribution in [-0.2, 0) is 4.79 Å². The number of aliphatic carboxylic acids is 1. The molecule has 0 amide bonds. The molecule has 3 nitrogen and oxygen atoms in total. The van der Waals surface area contributed by atoms with Crippen LogP contribution in [-0.4, -0.2) is 22.3 Å². The SMILES string of the molecule is CC(C)C1CCC(C)(CCCC(=O)O)CC1O. The molecule has 0 spiro atoms. The Labute approximate surface area is 104 Å². The van der Waals surface area contributed by atoms with Crippen molar-refractivity contribution in [1.82, 2.24) is 0 Å². The monoisotopic (exact) mass is 242 g/mol. The van der Waals surface area contributed by atoms with Crippen molar-refractivity contribution in [1.29, 1.82) is 0 Å². The maximum absolute atomic E-state index is 10.5. The van der Waals surface area contributed by atoms with Crippen molar-refractivity contribution >= 4 is 5.97 Å². The predicted octanol–water partition coefficient (Wildman–Crippen LogP) is 3.06. The number of carboxylic acid groups (broad SMARTS) is 1. The summed E-state index contributed by atoms with van der Waals surface area (Å²) in [4.78, 5) is 10.5. The van der Waals surface area contributed by atoms with E-state index in [1.165, 1.54) is 0 Å². The summed E-state index contributed by atoms with van der Waals surface area (Å²) in [5.74, 6) is 0.237. The van der Waals surface area contributed by atoms with Gasteiger partial charge in [0.1, 0.15) is 0 Å². The highest BCUT2D eigenvalue weighted by Crippen LogP contribution is 2.44. The molecule has 1 rings (SSSR count). The van der Waals surface area contributed by atoms with Crippen molar-refractivity contribution in [3.05, 3.63) is 0 Å². The Kier molecular flexibility index (Phi) is 4.99. The minimum atomic E-state index is -0.718. The van der Waals surface area contributed by atoms with Crippen LogP contribution < -0.4 is 0 Å². The van der Waals surface area contributed by atoms with Crippen LogP contribution in [0.25, 0.3) is 0 Å². The van der Waals surface area contributed by atoms with Crippen LogP contribution in [0.15, 0.2) is 0 Å². The molecule has 1 aliphatic carbocycles. The Bertz CT molecular complexity index is 262. The van der Waals surface area contributed by atoms with Gasteiger partial charge in [0.25, 0.3) is 0 Å². The average Bonchev–Trinajstić information content (AvgIpc) is 2.15. The normalized spacial score (nSPS) is 33.9. The fourth-order valence-corrected chi connectivity index (χ4v) is 3.14.